The first-order valence-electron chi connectivity index (χ1n) is 5.71. The van der Waals surface area contributed by atoms with Gasteiger partial charge in [-0.25, -0.2) is 18.4 Å². The Morgan fingerprint density at radius 1 is 1.32 bits per heavy atom. The Labute approximate surface area is 110 Å². The third-order valence-corrected chi connectivity index (χ3v) is 4.31. The normalized spacial score (nSPS) is 20.7. The first kappa shape index (κ1) is 11.9. The van der Waals surface area contributed by atoms with E-state index in [1.54, 1.807) is 24.3 Å². The monoisotopic (exact) mass is 276 g/mol. The molecular formula is C12H12N4O2S. The van der Waals surface area contributed by atoms with Crippen LogP contribution in [0.2, 0.25) is 0 Å². The van der Waals surface area contributed by atoms with Gasteiger partial charge >= 0.3 is 0 Å². The van der Waals surface area contributed by atoms with E-state index in [1.807, 2.05) is 0 Å². The first-order chi connectivity index (χ1) is 9.03. The number of aromatic nitrogens is 2. The fraction of sp³-hybridized carbons (Fsp3) is 0.167. The van der Waals surface area contributed by atoms with Crippen molar-refractivity contribution in [3.8, 4) is 0 Å². The van der Waals surface area contributed by atoms with Crippen molar-refractivity contribution in [1.82, 2.24) is 9.97 Å². The Bertz CT molecular complexity index is 770. The summed E-state index contributed by atoms with van der Waals surface area (Å²) < 4.78 is 22.7. The highest BCUT2D eigenvalue weighted by Crippen LogP contribution is 2.23. The molecule has 0 amide bonds. The molecule has 6 nitrogen and oxygen atoms in total. The molecular weight excluding hydrogens is 264 g/mol. The highest BCUT2D eigenvalue weighted by molar-refractivity contribution is 7.94. The summed E-state index contributed by atoms with van der Waals surface area (Å²) in [6.45, 7) is 0. The number of fused-ring (bicyclic) bond motifs is 1. The van der Waals surface area contributed by atoms with Crippen molar-refractivity contribution in [3.63, 3.8) is 0 Å². The van der Waals surface area contributed by atoms with Crippen molar-refractivity contribution in [2.24, 2.45) is 0 Å². The third-order valence-electron chi connectivity index (χ3n) is 2.91. The van der Waals surface area contributed by atoms with Crippen LogP contribution in [-0.4, -0.2) is 30.2 Å². The lowest BCUT2D eigenvalue weighted by Crippen LogP contribution is -2.21. The molecule has 98 valence electrons. The fourth-order valence-corrected chi connectivity index (χ4v) is 3.27. The van der Waals surface area contributed by atoms with Gasteiger partial charge in [0.05, 0.1) is 17.3 Å². The van der Waals surface area contributed by atoms with E-state index in [2.05, 4.69) is 15.3 Å². The van der Waals surface area contributed by atoms with E-state index in [0.29, 0.717) is 11.5 Å². The lowest BCUT2D eigenvalue weighted by molar-refractivity contribution is 0.605. The number of hydrogen-bond donors (Lipinski definition) is 2. The maximum absolute atomic E-state index is 11.4. The minimum atomic E-state index is -3.09. The molecule has 0 fully saturated rings. The summed E-state index contributed by atoms with van der Waals surface area (Å²) in [6, 6.07) is 5.06. The van der Waals surface area contributed by atoms with Crippen LogP contribution in [0.3, 0.4) is 0 Å². The van der Waals surface area contributed by atoms with Crippen LogP contribution >= 0.6 is 0 Å². The lowest BCUT2D eigenvalue weighted by atomic mass is 10.2. The molecule has 19 heavy (non-hydrogen) atoms. The molecule has 0 radical (unpaired) electrons. The second-order valence-electron chi connectivity index (χ2n) is 4.41. The summed E-state index contributed by atoms with van der Waals surface area (Å²) in [5.41, 5.74) is 7.12. The molecule has 0 spiro atoms. The Hall–Kier alpha value is -2.15. The average molecular weight is 276 g/mol. The predicted octanol–water partition coefficient (Wildman–Crippen LogP) is 0.935. The van der Waals surface area contributed by atoms with Crippen LogP contribution < -0.4 is 11.1 Å². The SMILES string of the molecule is Nc1ccc2ncnc(NC3C=CS(=O)(=O)C3)c2c1. The maximum Gasteiger partial charge on any atom is 0.173 e. The van der Waals surface area contributed by atoms with Crippen LogP contribution in [0.25, 0.3) is 10.9 Å². The number of nitrogens with zero attached hydrogens (tertiary/aromatic N) is 2. The molecule has 0 saturated carbocycles. The van der Waals surface area contributed by atoms with E-state index in [-0.39, 0.29) is 11.8 Å². The molecule has 1 aliphatic rings. The molecule has 3 N–H and O–H groups in total. The van der Waals surface area contributed by atoms with Crippen LogP contribution in [0.15, 0.2) is 36.0 Å². The average Bonchev–Trinajstić information content (AvgIpc) is 2.69. The van der Waals surface area contributed by atoms with Gasteiger partial charge in [-0.2, -0.15) is 0 Å². The molecule has 1 atom stereocenters. The summed E-state index contributed by atoms with van der Waals surface area (Å²) >= 11 is 0. The van der Waals surface area contributed by atoms with E-state index in [1.165, 1.54) is 11.7 Å². The van der Waals surface area contributed by atoms with Crippen LogP contribution in [0.4, 0.5) is 11.5 Å². The highest BCUT2D eigenvalue weighted by Gasteiger charge is 2.22. The Balaban J connectivity index is 1.98. The molecule has 7 heteroatoms. The van der Waals surface area contributed by atoms with Gasteiger partial charge in [-0.15, -0.1) is 0 Å². The lowest BCUT2D eigenvalue weighted by Gasteiger charge is -2.12. The summed E-state index contributed by atoms with van der Waals surface area (Å²) in [6.07, 6.45) is 3.06. The fourth-order valence-electron chi connectivity index (χ4n) is 2.03. The molecule has 0 aliphatic carbocycles. The van der Waals surface area contributed by atoms with Crippen molar-refractivity contribution in [3.05, 3.63) is 36.0 Å². The highest BCUT2D eigenvalue weighted by atomic mass is 32.2. The van der Waals surface area contributed by atoms with E-state index >= 15 is 0 Å². The number of rotatable bonds is 2. The van der Waals surface area contributed by atoms with Gasteiger partial charge in [0.15, 0.2) is 9.84 Å². The second-order valence-corrected chi connectivity index (χ2v) is 6.34. The van der Waals surface area contributed by atoms with Gasteiger partial charge in [-0.05, 0) is 24.3 Å². The van der Waals surface area contributed by atoms with E-state index < -0.39 is 9.84 Å². The number of nitrogens with one attached hydrogen (secondary N) is 1. The van der Waals surface area contributed by atoms with Gasteiger partial charge in [0.1, 0.15) is 12.1 Å². The minimum absolute atomic E-state index is 0.0425. The van der Waals surface area contributed by atoms with Crippen LogP contribution in [-0.2, 0) is 9.84 Å². The zero-order valence-electron chi connectivity index (χ0n) is 9.95. The molecule has 1 aromatic carbocycles. The second kappa shape index (κ2) is 4.20. The maximum atomic E-state index is 11.4. The molecule has 2 heterocycles. The van der Waals surface area contributed by atoms with Crippen LogP contribution in [0.5, 0.6) is 0 Å². The Morgan fingerprint density at radius 3 is 2.89 bits per heavy atom. The number of anilines is 2. The summed E-state index contributed by atoms with van der Waals surface area (Å²) in [5.74, 6) is 0.630. The topological polar surface area (TPSA) is 98.0 Å². The molecule has 3 rings (SSSR count). The van der Waals surface area contributed by atoms with Crippen LogP contribution in [0.1, 0.15) is 0 Å². The zero-order chi connectivity index (χ0) is 13.5. The predicted molar refractivity (Wildman–Crippen MR) is 74.3 cm³/mol. The number of nitrogens with two attached hydrogens (primary N) is 1. The minimum Gasteiger partial charge on any atom is -0.399 e. The van der Waals surface area contributed by atoms with Gasteiger partial charge in [-0.3, -0.25) is 0 Å². The number of benzene rings is 1. The van der Waals surface area contributed by atoms with Crippen molar-refractivity contribution in [1.29, 1.82) is 0 Å². The van der Waals surface area contributed by atoms with Gasteiger partial charge in [-0.1, -0.05) is 0 Å². The van der Waals surface area contributed by atoms with Crippen molar-refractivity contribution in [2.45, 2.75) is 6.04 Å². The number of sulfone groups is 1. The van der Waals surface area contributed by atoms with Crippen molar-refractivity contribution < 1.29 is 8.42 Å². The van der Waals surface area contributed by atoms with Crippen molar-refractivity contribution in [2.75, 3.05) is 16.8 Å². The van der Waals surface area contributed by atoms with E-state index in [0.717, 1.165) is 10.9 Å². The third kappa shape index (κ3) is 2.37. The van der Waals surface area contributed by atoms with Gasteiger partial charge in [0.2, 0.25) is 0 Å². The number of nitrogen functional groups attached to an aromatic ring is 1. The number of hydrogen-bond acceptors (Lipinski definition) is 6. The van der Waals surface area contributed by atoms with E-state index in [9.17, 15) is 8.42 Å². The van der Waals surface area contributed by atoms with Gasteiger partial charge in [0.25, 0.3) is 0 Å². The van der Waals surface area contributed by atoms with Crippen LogP contribution in [0, 0.1) is 0 Å². The van der Waals surface area contributed by atoms with Crippen molar-refractivity contribution >= 4 is 32.2 Å². The summed E-state index contributed by atoms with van der Waals surface area (Å²) in [4.78, 5) is 8.30. The standard InChI is InChI=1S/C12H12N4O2S/c13-8-1-2-11-10(5-8)12(15-7-14-11)16-9-3-4-19(17,18)6-9/h1-5,7,9H,6,13H2,(H,14,15,16). The Kier molecular flexibility index (Phi) is 2.63. The largest absolute Gasteiger partial charge is 0.399 e. The van der Waals surface area contributed by atoms with E-state index in [4.69, 9.17) is 5.73 Å². The molecule has 0 bridgehead atoms. The summed E-state index contributed by atoms with van der Waals surface area (Å²) in [5, 5.41) is 5.10. The first-order valence-corrected chi connectivity index (χ1v) is 7.43. The van der Waals surface area contributed by atoms with Gasteiger partial charge in [0, 0.05) is 16.5 Å². The molecule has 2 aromatic rings. The Morgan fingerprint density at radius 2 is 2.16 bits per heavy atom. The summed E-state index contributed by atoms with van der Waals surface area (Å²) in [7, 11) is -3.09. The molecule has 1 aliphatic heterocycles. The smallest absolute Gasteiger partial charge is 0.173 e. The molecule has 0 saturated heterocycles. The zero-order valence-corrected chi connectivity index (χ0v) is 10.8. The molecule has 1 aromatic heterocycles. The van der Waals surface area contributed by atoms with Gasteiger partial charge < -0.3 is 11.1 Å². The quantitative estimate of drug-likeness (QED) is 0.792. The molecule has 1 unspecified atom stereocenters.